The Morgan fingerprint density at radius 3 is 2.38 bits per heavy atom. The van der Waals surface area contributed by atoms with E-state index in [0.717, 1.165) is 0 Å². The van der Waals surface area contributed by atoms with Gasteiger partial charge in [-0.1, -0.05) is 35.5 Å². The molecule has 6 heteroatoms. The van der Waals surface area contributed by atoms with Crippen LogP contribution < -0.4 is 5.63 Å². The van der Waals surface area contributed by atoms with Gasteiger partial charge in [0.25, 0.3) is 0 Å². The second kappa shape index (κ2) is 6.51. The predicted octanol–water partition coefficient (Wildman–Crippen LogP) is 2.26. The summed E-state index contributed by atoms with van der Waals surface area (Å²) in [6.45, 7) is 3.46. The molecule has 2 rings (SSSR count). The highest BCUT2D eigenvalue weighted by Crippen LogP contribution is 2.10. The molecule has 0 spiro atoms. The molecule has 6 nitrogen and oxygen atoms in total. The zero-order valence-corrected chi connectivity index (χ0v) is 11.6. The number of allylic oxidation sites excluding steroid dienone is 6. The van der Waals surface area contributed by atoms with Gasteiger partial charge in [-0.2, -0.15) is 0 Å². The molecule has 0 saturated heterocycles. The second-order valence-corrected chi connectivity index (χ2v) is 4.29. The maximum atomic E-state index is 11.3. The van der Waals surface area contributed by atoms with E-state index in [1.54, 1.807) is 56.4 Å². The molecule has 108 valence electrons. The average Bonchev–Trinajstić information content (AvgIpc) is 2.94. The summed E-state index contributed by atoms with van der Waals surface area (Å²) in [7, 11) is 0. The van der Waals surface area contributed by atoms with Gasteiger partial charge >= 0.3 is 11.6 Å². The fourth-order valence-electron chi connectivity index (χ4n) is 1.62. The van der Waals surface area contributed by atoms with Crippen LogP contribution in [0.4, 0.5) is 0 Å². The third-order valence-corrected chi connectivity index (χ3v) is 2.77. The van der Waals surface area contributed by atoms with Crippen molar-refractivity contribution in [2.75, 3.05) is 0 Å². The summed E-state index contributed by atoms with van der Waals surface area (Å²) in [5.41, 5.74) is 1.77. The van der Waals surface area contributed by atoms with Gasteiger partial charge in [0.1, 0.15) is 0 Å². The predicted molar refractivity (Wildman–Crippen MR) is 78.7 cm³/mol. The van der Waals surface area contributed by atoms with Crippen LogP contribution in [0.25, 0.3) is 6.08 Å². The SMILES string of the molecule is CC1=NOC(=O)\C1=C/C=C/C=C/C=C/c1c(C)[nH]oc1=O. The number of oxime groups is 1. The van der Waals surface area contributed by atoms with E-state index in [2.05, 4.69) is 19.7 Å². The highest BCUT2D eigenvalue weighted by Gasteiger charge is 2.20. The van der Waals surface area contributed by atoms with Gasteiger partial charge in [-0.15, -0.1) is 0 Å². The van der Waals surface area contributed by atoms with Crippen molar-refractivity contribution in [1.82, 2.24) is 5.16 Å². The van der Waals surface area contributed by atoms with Crippen LogP contribution in [0.5, 0.6) is 0 Å². The van der Waals surface area contributed by atoms with Gasteiger partial charge in [0, 0.05) is 0 Å². The third kappa shape index (κ3) is 3.56. The normalized spacial score (nSPS) is 17.5. The molecule has 0 saturated carbocycles. The Bertz CT molecular complexity index is 742. The lowest BCUT2D eigenvalue weighted by Gasteiger charge is -1.87. The van der Waals surface area contributed by atoms with Crippen LogP contribution >= 0.6 is 0 Å². The van der Waals surface area contributed by atoms with E-state index < -0.39 is 11.6 Å². The van der Waals surface area contributed by atoms with Gasteiger partial charge in [-0.25, -0.2) is 14.7 Å². The molecule has 21 heavy (non-hydrogen) atoms. The number of aromatic nitrogens is 1. The van der Waals surface area contributed by atoms with E-state index in [0.29, 0.717) is 22.5 Å². The zero-order chi connectivity index (χ0) is 15.2. The number of nitrogens with zero attached hydrogens (tertiary/aromatic N) is 1. The van der Waals surface area contributed by atoms with Crippen molar-refractivity contribution >= 4 is 17.8 Å². The number of hydrogen-bond acceptors (Lipinski definition) is 5. The lowest BCUT2D eigenvalue weighted by atomic mass is 10.1. The van der Waals surface area contributed by atoms with Crippen LogP contribution in [0.15, 0.2) is 56.5 Å². The second-order valence-electron chi connectivity index (χ2n) is 4.29. The summed E-state index contributed by atoms with van der Waals surface area (Å²) in [5, 5.41) is 6.06. The molecular weight excluding hydrogens is 272 g/mol. The summed E-state index contributed by atoms with van der Waals surface area (Å²) in [4.78, 5) is 27.0. The Morgan fingerprint density at radius 1 is 1.05 bits per heavy atom. The molecule has 0 aromatic carbocycles. The number of rotatable bonds is 4. The van der Waals surface area contributed by atoms with Gasteiger partial charge in [-0.05, 0) is 26.0 Å². The molecule has 0 bridgehead atoms. The number of aryl methyl sites for hydroxylation is 1. The molecule has 1 aromatic rings. The number of carbonyl (C=O) groups is 1. The number of H-pyrrole nitrogens is 1. The quantitative estimate of drug-likeness (QED) is 0.522. The topological polar surface area (TPSA) is 84.7 Å². The van der Waals surface area contributed by atoms with Crippen molar-refractivity contribution in [2.45, 2.75) is 13.8 Å². The van der Waals surface area contributed by atoms with Crippen molar-refractivity contribution in [2.24, 2.45) is 5.16 Å². The van der Waals surface area contributed by atoms with Crippen molar-refractivity contribution in [1.29, 1.82) is 0 Å². The first-order chi connectivity index (χ1) is 10.1. The fourth-order valence-corrected chi connectivity index (χ4v) is 1.62. The molecule has 1 N–H and O–H groups in total. The largest absolute Gasteiger partial charge is 0.367 e. The van der Waals surface area contributed by atoms with Gasteiger partial charge in [-0.3, -0.25) is 0 Å². The van der Waals surface area contributed by atoms with Crippen LogP contribution in [-0.2, 0) is 9.63 Å². The van der Waals surface area contributed by atoms with E-state index in [1.165, 1.54) is 0 Å². The maximum Gasteiger partial charge on any atom is 0.367 e. The molecule has 1 aliphatic rings. The minimum absolute atomic E-state index is 0.396. The number of hydrogen-bond donors (Lipinski definition) is 1. The number of aromatic amines is 1. The monoisotopic (exact) mass is 286 g/mol. The third-order valence-electron chi connectivity index (χ3n) is 2.77. The van der Waals surface area contributed by atoms with E-state index >= 15 is 0 Å². The van der Waals surface area contributed by atoms with Gasteiger partial charge < -0.3 is 9.36 Å². The minimum atomic E-state index is -0.448. The highest BCUT2D eigenvalue weighted by atomic mass is 16.7. The van der Waals surface area contributed by atoms with Crippen LogP contribution in [-0.4, -0.2) is 16.8 Å². The molecule has 0 atom stereocenters. The number of nitrogens with one attached hydrogen (secondary N) is 1. The first-order valence-electron chi connectivity index (χ1n) is 6.25. The molecular formula is C15H14N2O4. The summed E-state index contributed by atoms with van der Waals surface area (Å²) >= 11 is 0. The highest BCUT2D eigenvalue weighted by molar-refractivity contribution is 6.21. The lowest BCUT2D eigenvalue weighted by Crippen LogP contribution is -2.01. The minimum Gasteiger partial charge on any atom is -0.338 e. The van der Waals surface area contributed by atoms with Crippen molar-refractivity contribution < 1.29 is 14.2 Å². The fraction of sp³-hybridized carbons (Fsp3) is 0.133. The van der Waals surface area contributed by atoms with Gasteiger partial charge in [0.15, 0.2) is 0 Å². The molecule has 2 heterocycles. The van der Waals surface area contributed by atoms with Gasteiger partial charge in [0.2, 0.25) is 0 Å². The Kier molecular flexibility index (Phi) is 4.50. The average molecular weight is 286 g/mol. The van der Waals surface area contributed by atoms with E-state index in [1.807, 2.05) is 0 Å². The standard InChI is InChI=1S/C15H14N2O4/c1-10-12(14(18)20-16-10)8-6-4-3-5-7-9-13-11(2)17-21-15(13)19/h3-9,16H,1-2H3/b4-3+,7-5+,8-6+,13-9-. The first-order valence-corrected chi connectivity index (χ1v) is 6.25. The molecule has 0 amide bonds. The summed E-state index contributed by atoms with van der Waals surface area (Å²) in [5.74, 6) is -0.448. The summed E-state index contributed by atoms with van der Waals surface area (Å²) in [6.07, 6.45) is 12.0. The van der Waals surface area contributed by atoms with Crippen LogP contribution in [0.1, 0.15) is 18.2 Å². The smallest absolute Gasteiger partial charge is 0.338 e. The van der Waals surface area contributed by atoms with Crippen LogP contribution in [0.2, 0.25) is 0 Å². The lowest BCUT2D eigenvalue weighted by molar-refractivity contribution is -0.136. The van der Waals surface area contributed by atoms with Crippen LogP contribution in [0.3, 0.4) is 0 Å². The van der Waals surface area contributed by atoms with E-state index in [4.69, 9.17) is 0 Å². The Balaban J connectivity index is 1.93. The summed E-state index contributed by atoms with van der Waals surface area (Å²) < 4.78 is 4.64. The molecule has 0 aliphatic carbocycles. The molecule has 0 unspecified atom stereocenters. The van der Waals surface area contributed by atoms with E-state index in [9.17, 15) is 9.59 Å². The van der Waals surface area contributed by atoms with Crippen molar-refractivity contribution in [3.05, 3.63) is 63.7 Å². The van der Waals surface area contributed by atoms with Crippen molar-refractivity contribution in [3.8, 4) is 0 Å². The zero-order valence-electron chi connectivity index (χ0n) is 11.6. The molecule has 1 aromatic heterocycles. The number of carbonyl (C=O) groups excluding carboxylic acids is 1. The Labute approximate surface area is 120 Å². The van der Waals surface area contributed by atoms with Crippen LogP contribution in [0, 0.1) is 6.92 Å². The first kappa shape index (κ1) is 14.5. The van der Waals surface area contributed by atoms with Crippen molar-refractivity contribution in [3.63, 3.8) is 0 Å². The molecule has 0 fully saturated rings. The summed E-state index contributed by atoms with van der Waals surface area (Å²) in [6, 6.07) is 0. The van der Waals surface area contributed by atoms with Gasteiger partial charge in [0.05, 0.1) is 22.5 Å². The molecule has 0 radical (unpaired) electrons. The Hall–Kier alpha value is -2.89. The molecule has 1 aliphatic heterocycles. The Morgan fingerprint density at radius 2 is 1.76 bits per heavy atom. The van der Waals surface area contributed by atoms with E-state index in [-0.39, 0.29) is 0 Å². The maximum absolute atomic E-state index is 11.3.